The fraction of sp³-hybridized carbons (Fsp3) is 0.588. The topological polar surface area (TPSA) is 52.6 Å². The Kier molecular flexibility index (Phi) is 5.62. The van der Waals surface area contributed by atoms with E-state index in [0.717, 1.165) is 32.4 Å². The summed E-state index contributed by atoms with van der Waals surface area (Å²) in [6, 6.07) is 8.27. The van der Waals surface area contributed by atoms with Crippen molar-refractivity contribution < 1.29 is 9.90 Å². The van der Waals surface area contributed by atoms with Crippen molar-refractivity contribution in [2.45, 2.75) is 51.6 Å². The molecule has 4 nitrogen and oxygen atoms in total. The second-order valence-electron chi connectivity index (χ2n) is 5.95. The first-order valence-electron chi connectivity index (χ1n) is 7.90. The number of likely N-dealkylation sites (tertiary alicyclic amines) is 1. The van der Waals surface area contributed by atoms with E-state index in [2.05, 4.69) is 12.2 Å². The zero-order valence-corrected chi connectivity index (χ0v) is 13.0. The van der Waals surface area contributed by atoms with Crippen LogP contribution in [0.1, 0.15) is 38.7 Å². The van der Waals surface area contributed by atoms with Crippen LogP contribution in [0.3, 0.4) is 0 Å². The van der Waals surface area contributed by atoms with Gasteiger partial charge in [-0.15, -0.1) is 0 Å². The van der Waals surface area contributed by atoms with Crippen LogP contribution in [0.4, 0.5) is 0 Å². The van der Waals surface area contributed by atoms with Crippen molar-refractivity contribution in [2.24, 2.45) is 0 Å². The predicted octanol–water partition coefficient (Wildman–Crippen LogP) is 2.31. The zero-order chi connectivity index (χ0) is 15.2. The molecule has 21 heavy (non-hydrogen) atoms. The van der Waals surface area contributed by atoms with E-state index in [9.17, 15) is 9.90 Å². The van der Waals surface area contributed by atoms with Gasteiger partial charge >= 0.3 is 0 Å². The number of phenolic OH excluding ortho intramolecular Hbond substituents is 1. The van der Waals surface area contributed by atoms with Crippen molar-refractivity contribution in [2.75, 3.05) is 13.1 Å². The molecule has 0 spiro atoms. The van der Waals surface area contributed by atoms with Crippen LogP contribution in [0.5, 0.6) is 5.75 Å². The quantitative estimate of drug-likeness (QED) is 0.845. The molecule has 2 rings (SSSR count). The van der Waals surface area contributed by atoms with Gasteiger partial charge in [0, 0.05) is 31.6 Å². The fourth-order valence-corrected chi connectivity index (χ4v) is 2.88. The molecule has 4 heteroatoms. The van der Waals surface area contributed by atoms with E-state index < -0.39 is 0 Å². The molecule has 0 bridgehead atoms. The molecule has 1 saturated heterocycles. The number of hydrogen-bond acceptors (Lipinski definition) is 3. The Morgan fingerprint density at radius 2 is 2.14 bits per heavy atom. The third kappa shape index (κ3) is 4.74. The summed E-state index contributed by atoms with van der Waals surface area (Å²) in [6.45, 7) is 5.85. The largest absolute Gasteiger partial charge is 0.508 e. The third-order valence-corrected chi connectivity index (χ3v) is 4.17. The van der Waals surface area contributed by atoms with Gasteiger partial charge in [-0.05, 0) is 43.9 Å². The number of rotatable bonds is 6. The van der Waals surface area contributed by atoms with E-state index in [1.165, 1.54) is 5.56 Å². The monoisotopic (exact) mass is 290 g/mol. The van der Waals surface area contributed by atoms with Crippen molar-refractivity contribution in [1.29, 1.82) is 0 Å². The van der Waals surface area contributed by atoms with Gasteiger partial charge in [0.1, 0.15) is 5.75 Å². The lowest BCUT2D eigenvalue weighted by atomic mass is 10.1. The van der Waals surface area contributed by atoms with Crippen molar-refractivity contribution in [1.82, 2.24) is 10.2 Å². The van der Waals surface area contributed by atoms with Crippen LogP contribution in [0, 0.1) is 0 Å². The molecular weight excluding hydrogens is 264 g/mol. The summed E-state index contributed by atoms with van der Waals surface area (Å²) in [4.78, 5) is 13.6. The van der Waals surface area contributed by atoms with Crippen LogP contribution in [0.15, 0.2) is 24.3 Å². The summed E-state index contributed by atoms with van der Waals surface area (Å²) in [5.74, 6) is 0.576. The summed E-state index contributed by atoms with van der Waals surface area (Å²) in [5, 5.41) is 12.9. The summed E-state index contributed by atoms with van der Waals surface area (Å²) >= 11 is 0. The number of amides is 1. The Morgan fingerprint density at radius 3 is 2.81 bits per heavy atom. The number of aryl methyl sites for hydroxylation is 1. The first-order chi connectivity index (χ1) is 10.1. The van der Waals surface area contributed by atoms with Gasteiger partial charge in [-0.3, -0.25) is 4.79 Å². The molecule has 1 aliphatic heterocycles. The minimum absolute atomic E-state index is 0.260. The zero-order valence-electron chi connectivity index (χ0n) is 13.0. The molecule has 1 aromatic carbocycles. The predicted molar refractivity (Wildman–Crippen MR) is 84.3 cm³/mol. The normalized spacial score (nSPS) is 19.7. The van der Waals surface area contributed by atoms with Crippen LogP contribution >= 0.6 is 0 Å². The molecule has 0 saturated carbocycles. The lowest BCUT2D eigenvalue weighted by molar-refractivity contribution is -0.129. The molecule has 1 fully saturated rings. The molecule has 0 radical (unpaired) electrons. The van der Waals surface area contributed by atoms with E-state index in [-0.39, 0.29) is 5.91 Å². The molecule has 0 aliphatic carbocycles. The maximum absolute atomic E-state index is 11.7. The highest BCUT2D eigenvalue weighted by Crippen LogP contribution is 2.14. The third-order valence-electron chi connectivity index (χ3n) is 4.17. The van der Waals surface area contributed by atoms with Gasteiger partial charge < -0.3 is 15.3 Å². The van der Waals surface area contributed by atoms with Crippen LogP contribution in [0.25, 0.3) is 0 Å². The van der Waals surface area contributed by atoms with Crippen molar-refractivity contribution in [3.05, 3.63) is 29.8 Å². The Bertz CT molecular complexity index is 458. The molecule has 1 heterocycles. The summed E-state index contributed by atoms with van der Waals surface area (Å²) < 4.78 is 0. The Morgan fingerprint density at radius 1 is 1.43 bits per heavy atom. The lowest BCUT2D eigenvalue weighted by Crippen LogP contribution is -2.39. The second kappa shape index (κ2) is 7.46. The number of nitrogens with zero attached hydrogens (tertiary/aromatic N) is 1. The van der Waals surface area contributed by atoms with Gasteiger partial charge in [-0.25, -0.2) is 0 Å². The molecule has 1 aromatic rings. The standard InChI is InChI=1S/C17H26N2O2/c1-3-17(21)19-11-10-15(12-19)18-13(2)4-5-14-6-8-16(20)9-7-14/h6-9,13,15,18,20H,3-5,10-12H2,1-2H3/t13-,15+/m1/s1. The highest BCUT2D eigenvalue weighted by molar-refractivity contribution is 5.76. The number of benzene rings is 1. The van der Waals surface area contributed by atoms with Crippen LogP contribution in [-0.2, 0) is 11.2 Å². The minimum atomic E-state index is 0.260. The maximum Gasteiger partial charge on any atom is 0.222 e. The number of nitrogens with one attached hydrogen (secondary N) is 1. The molecule has 1 amide bonds. The minimum Gasteiger partial charge on any atom is -0.508 e. The van der Waals surface area contributed by atoms with Gasteiger partial charge in [0.2, 0.25) is 5.91 Å². The molecular formula is C17H26N2O2. The van der Waals surface area contributed by atoms with E-state index in [0.29, 0.717) is 24.3 Å². The van der Waals surface area contributed by atoms with E-state index in [1.807, 2.05) is 24.0 Å². The number of aromatic hydroxyl groups is 1. The van der Waals surface area contributed by atoms with E-state index in [1.54, 1.807) is 12.1 Å². The highest BCUT2D eigenvalue weighted by Gasteiger charge is 2.25. The average molecular weight is 290 g/mol. The van der Waals surface area contributed by atoms with Crippen LogP contribution < -0.4 is 5.32 Å². The average Bonchev–Trinajstić information content (AvgIpc) is 2.94. The Balaban J connectivity index is 1.71. The number of phenols is 1. The van der Waals surface area contributed by atoms with Gasteiger partial charge in [-0.2, -0.15) is 0 Å². The molecule has 116 valence electrons. The van der Waals surface area contributed by atoms with Crippen LogP contribution in [0.2, 0.25) is 0 Å². The number of carbonyl (C=O) groups is 1. The van der Waals surface area contributed by atoms with Crippen LogP contribution in [-0.4, -0.2) is 41.1 Å². The lowest BCUT2D eigenvalue weighted by Gasteiger charge is -2.20. The smallest absolute Gasteiger partial charge is 0.222 e. The molecule has 2 atom stereocenters. The van der Waals surface area contributed by atoms with Gasteiger partial charge in [0.05, 0.1) is 0 Å². The summed E-state index contributed by atoms with van der Waals surface area (Å²) in [5.41, 5.74) is 1.25. The molecule has 1 aliphatic rings. The van der Waals surface area contributed by atoms with E-state index >= 15 is 0 Å². The van der Waals surface area contributed by atoms with Crippen molar-refractivity contribution in [3.63, 3.8) is 0 Å². The number of carbonyl (C=O) groups excluding carboxylic acids is 1. The van der Waals surface area contributed by atoms with E-state index in [4.69, 9.17) is 0 Å². The second-order valence-corrected chi connectivity index (χ2v) is 5.95. The molecule has 0 aromatic heterocycles. The first kappa shape index (κ1) is 15.8. The Hall–Kier alpha value is -1.55. The number of hydrogen-bond donors (Lipinski definition) is 2. The molecule has 2 N–H and O–H groups in total. The Labute approximate surface area is 127 Å². The van der Waals surface area contributed by atoms with Gasteiger partial charge in [0.25, 0.3) is 0 Å². The SMILES string of the molecule is CCC(=O)N1CC[C@H](N[C@H](C)CCc2ccc(O)cc2)C1. The summed E-state index contributed by atoms with van der Waals surface area (Å²) in [7, 11) is 0. The maximum atomic E-state index is 11.7. The van der Waals surface area contributed by atoms with Gasteiger partial charge in [-0.1, -0.05) is 19.1 Å². The highest BCUT2D eigenvalue weighted by atomic mass is 16.3. The van der Waals surface area contributed by atoms with Crippen molar-refractivity contribution in [3.8, 4) is 5.75 Å². The first-order valence-corrected chi connectivity index (χ1v) is 7.90. The van der Waals surface area contributed by atoms with Gasteiger partial charge in [0.15, 0.2) is 0 Å². The fourth-order valence-electron chi connectivity index (χ4n) is 2.88. The van der Waals surface area contributed by atoms with Crippen molar-refractivity contribution >= 4 is 5.91 Å². The summed E-state index contributed by atoms with van der Waals surface area (Å²) in [6.07, 6.45) is 3.71. The molecule has 0 unspecified atom stereocenters.